The van der Waals surface area contributed by atoms with Gasteiger partial charge in [-0.1, -0.05) is 30.3 Å². The summed E-state index contributed by atoms with van der Waals surface area (Å²) in [6.07, 6.45) is 3.27. The Morgan fingerprint density at radius 3 is 2.67 bits per heavy atom. The fourth-order valence-corrected chi connectivity index (χ4v) is 5.08. The van der Waals surface area contributed by atoms with E-state index in [9.17, 15) is 4.79 Å². The molecule has 5 nitrogen and oxygen atoms in total. The van der Waals surface area contributed by atoms with Crippen molar-refractivity contribution in [3.8, 4) is 0 Å². The number of nitrogens with zero attached hydrogens (tertiary/aromatic N) is 4. The van der Waals surface area contributed by atoms with Gasteiger partial charge >= 0.3 is 0 Å². The average Bonchev–Trinajstić information content (AvgIpc) is 3.33. The van der Waals surface area contributed by atoms with Crippen LogP contribution in [0.15, 0.2) is 30.3 Å². The SMILES string of the molecule is Cc1nn(C)c(C)c1CN(C)C(=O)[C@@H]1C[C@H](c2ccccc2)N2CCC[C@@H]12. The van der Waals surface area contributed by atoms with Gasteiger partial charge in [0.2, 0.25) is 5.91 Å². The lowest BCUT2D eigenvalue weighted by atomic mass is 9.93. The van der Waals surface area contributed by atoms with Crippen LogP contribution in [0.4, 0.5) is 0 Å². The van der Waals surface area contributed by atoms with Crippen LogP contribution in [0.25, 0.3) is 0 Å². The molecule has 2 aliphatic rings. The molecule has 2 aliphatic heterocycles. The zero-order valence-electron chi connectivity index (χ0n) is 16.9. The van der Waals surface area contributed by atoms with Crippen molar-refractivity contribution < 1.29 is 4.79 Å². The Hall–Kier alpha value is -2.14. The summed E-state index contributed by atoms with van der Waals surface area (Å²) >= 11 is 0. The Morgan fingerprint density at radius 2 is 2.00 bits per heavy atom. The number of rotatable bonds is 4. The van der Waals surface area contributed by atoms with Crippen molar-refractivity contribution in [1.29, 1.82) is 0 Å². The Morgan fingerprint density at radius 1 is 1.26 bits per heavy atom. The molecule has 2 saturated heterocycles. The molecule has 144 valence electrons. The van der Waals surface area contributed by atoms with Gasteiger partial charge in [0.25, 0.3) is 0 Å². The fourth-order valence-electron chi connectivity index (χ4n) is 5.08. The van der Waals surface area contributed by atoms with Gasteiger partial charge in [-0.2, -0.15) is 5.10 Å². The van der Waals surface area contributed by atoms with Gasteiger partial charge in [-0.15, -0.1) is 0 Å². The second kappa shape index (κ2) is 7.12. The maximum Gasteiger partial charge on any atom is 0.227 e. The molecule has 1 aromatic carbocycles. The van der Waals surface area contributed by atoms with Crippen molar-refractivity contribution in [2.24, 2.45) is 13.0 Å². The smallest absolute Gasteiger partial charge is 0.227 e. The van der Waals surface area contributed by atoms with E-state index < -0.39 is 0 Å². The van der Waals surface area contributed by atoms with Gasteiger partial charge in [-0.3, -0.25) is 14.4 Å². The summed E-state index contributed by atoms with van der Waals surface area (Å²) in [6.45, 7) is 5.86. The van der Waals surface area contributed by atoms with Crippen LogP contribution in [0.1, 0.15) is 47.8 Å². The molecule has 0 spiro atoms. The molecular formula is C22H30N4O. The second-order valence-electron chi connectivity index (χ2n) is 8.18. The molecule has 0 saturated carbocycles. The maximum atomic E-state index is 13.4. The van der Waals surface area contributed by atoms with Crippen LogP contribution in [0, 0.1) is 19.8 Å². The van der Waals surface area contributed by atoms with Crippen molar-refractivity contribution in [3.05, 3.63) is 52.8 Å². The molecule has 0 N–H and O–H groups in total. The van der Waals surface area contributed by atoms with E-state index in [0.717, 1.165) is 30.8 Å². The van der Waals surface area contributed by atoms with Crippen LogP contribution < -0.4 is 0 Å². The number of amides is 1. The first-order valence-electron chi connectivity index (χ1n) is 10.0. The molecule has 3 heterocycles. The minimum atomic E-state index is 0.0972. The van der Waals surface area contributed by atoms with E-state index in [4.69, 9.17) is 0 Å². The molecule has 0 unspecified atom stereocenters. The molecule has 27 heavy (non-hydrogen) atoms. The summed E-state index contributed by atoms with van der Waals surface area (Å²) in [5.74, 6) is 0.382. The third-order valence-electron chi connectivity index (χ3n) is 6.62. The van der Waals surface area contributed by atoms with E-state index in [1.165, 1.54) is 17.5 Å². The Kier molecular flexibility index (Phi) is 4.81. The molecule has 0 radical (unpaired) electrons. The van der Waals surface area contributed by atoms with Gasteiger partial charge in [0.15, 0.2) is 0 Å². The lowest BCUT2D eigenvalue weighted by Gasteiger charge is -2.26. The summed E-state index contributed by atoms with van der Waals surface area (Å²) in [7, 11) is 3.91. The number of carbonyl (C=O) groups is 1. The molecule has 4 rings (SSSR count). The van der Waals surface area contributed by atoms with E-state index in [1.54, 1.807) is 0 Å². The number of aromatic nitrogens is 2. The molecule has 5 heteroatoms. The highest BCUT2D eigenvalue weighted by atomic mass is 16.2. The predicted octanol–water partition coefficient (Wildman–Crippen LogP) is 3.22. The van der Waals surface area contributed by atoms with Gasteiger partial charge in [0.05, 0.1) is 11.6 Å². The van der Waals surface area contributed by atoms with Crippen LogP contribution in [-0.2, 0) is 18.4 Å². The monoisotopic (exact) mass is 366 g/mol. The first kappa shape index (κ1) is 18.2. The van der Waals surface area contributed by atoms with Gasteiger partial charge in [-0.05, 0) is 45.2 Å². The highest BCUT2D eigenvalue weighted by Gasteiger charge is 2.47. The molecule has 3 atom stereocenters. The maximum absolute atomic E-state index is 13.4. The number of aryl methyl sites for hydroxylation is 2. The molecule has 0 aliphatic carbocycles. The lowest BCUT2D eigenvalue weighted by molar-refractivity contribution is -0.135. The minimum Gasteiger partial charge on any atom is -0.341 e. The summed E-state index contributed by atoms with van der Waals surface area (Å²) in [5, 5.41) is 4.50. The van der Waals surface area contributed by atoms with Gasteiger partial charge < -0.3 is 4.90 Å². The van der Waals surface area contributed by atoms with Crippen LogP contribution in [-0.4, -0.2) is 45.1 Å². The highest BCUT2D eigenvalue weighted by molar-refractivity contribution is 5.80. The summed E-state index contributed by atoms with van der Waals surface area (Å²) in [4.78, 5) is 17.9. The molecule has 1 aromatic heterocycles. The third-order valence-corrected chi connectivity index (χ3v) is 6.62. The van der Waals surface area contributed by atoms with Gasteiger partial charge in [-0.25, -0.2) is 0 Å². The van der Waals surface area contributed by atoms with E-state index in [2.05, 4.69) is 47.3 Å². The zero-order chi connectivity index (χ0) is 19.1. The van der Waals surface area contributed by atoms with Crippen LogP contribution in [0.2, 0.25) is 0 Å². The first-order valence-corrected chi connectivity index (χ1v) is 10.0. The summed E-state index contributed by atoms with van der Waals surface area (Å²) in [5.41, 5.74) is 4.68. The van der Waals surface area contributed by atoms with E-state index in [-0.39, 0.29) is 11.8 Å². The van der Waals surface area contributed by atoms with Crippen molar-refractivity contribution in [3.63, 3.8) is 0 Å². The van der Waals surface area contributed by atoms with Gasteiger partial charge in [0, 0.05) is 44.0 Å². The Labute approximate surface area is 162 Å². The largest absolute Gasteiger partial charge is 0.341 e. The lowest BCUT2D eigenvalue weighted by Crippen LogP contribution is -2.38. The number of hydrogen-bond donors (Lipinski definition) is 0. The normalized spacial score (nSPS) is 25.0. The highest BCUT2D eigenvalue weighted by Crippen LogP contribution is 2.45. The van der Waals surface area contributed by atoms with Crippen LogP contribution >= 0.6 is 0 Å². The van der Waals surface area contributed by atoms with Crippen LogP contribution in [0.3, 0.4) is 0 Å². The molecule has 1 amide bonds. The third kappa shape index (κ3) is 3.18. The average molecular weight is 367 g/mol. The van der Waals surface area contributed by atoms with E-state index in [0.29, 0.717) is 18.6 Å². The van der Waals surface area contributed by atoms with Crippen molar-refractivity contribution in [2.45, 2.75) is 51.7 Å². The predicted molar refractivity (Wildman–Crippen MR) is 106 cm³/mol. The van der Waals surface area contributed by atoms with Crippen molar-refractivity contribution in [2.75, 3.05) is 13.6 Å². The Balaban J connectivity index is 1.53. The Bertz CT molecular complexity index is 828. The minimum absolute atomic E-state index is 0.0972. The van der Waals surface area contributed by atoms with E-state index >= 15 is 0 Å². The molecule has 2 fully saturated rings. The number of fused-ring (bicyclic) bond motifs is 1. The molecular weight excluding hydrogens is 336 g/mol. The van der Waals surface area contributed by atoms with E-state index in [1.807, 2.05) is 30.6 Å². The standard InChI is InChI=1S/C22H30N4O/c1-15-19(16(2)25(4)23-15)14-24(3)22(27)18-13-21(17-9-6-5-7-10-17)26-12-8-11-20(18)26/h5-7,9-10,18,20-21H,8,11-14H2,1-4H3/t18-,20+,21-/m1/s1. The summed E-state index contributed by atoms with van der Waals surface area (Å²) < 4.78 is 1.91. The van der Waals surface area contributed by atoms with Crippen molar-refractivity contribution >= 4 is 5.91 Å². The first-order chi connectivity index (χ1) is 13.0. The fraction of sp³-hybridized carbons (Fsp3) is 0.545. The van der Waals surface area contributed by atoms with Crippen molar-refractivity contribution in [1.82, 2.24) is 19.6 Å². The number of benzene rings is 1. The quantitative estimate of drug-likeness (QED) is 0.834. The topological polar surface area (TPSA) is 41.4 Å². The number of hydrogen-bond acceptors (Lipinski definition) is 3. The number of carbonyl (C=O) groups excluding carboxylic acids is 1. The molecule has 0 bridgehead atoms. The summed E-state index contributed by atoms with van der Waals surface area (Å²) in [6, 6.07) is 11.5. The van der Waals surface area contributed by atoms with Crippen LogP contribution in [0.5, 0.6) is 0 Å². The van der Waals surface area contributed by atoms with Gasteiger partial charge in [0.1, 0.15) is 0 Å². The zero-order valence-corrected chi connectivity index (χ0v) is 16.9. The second-order valence-corrected chi connectivity index (χ2v) is 8.18. The molecule has 2 aromatic rings.